The van der Waals surface area contributed by atoms with Crippen molar-refractivity contribution in [2.24, 2.45) is 0 Å². The first-order chi connectivity index (χ1) is 15.1. The minimum absolute atomic E-state index is 0.325. The molecule has 1 rings (SSSR count). The minimum Gasteiger partial charge on any atom is -0.462 e. The Balaban J connectivity index is 2.94. The Hall–Kier alpha value is -2.20. The summed E-state index contributed by atoms with van der Waals surface area (Å²) in [7, 11) is 0. The fourth-order valence-corrected chi connectivity index (χ4v) is 3.42. The number of ether oxygens (including phenoxy) is 6. The van der Waals surface area contributed by atoms with E-state index in [1.54, 1.807) is 0 Å². The maximum atomic E-state index is 11.7. The smallest absolute Gasteiger partial charge is 0.303 e. The topological polar surface area (TPSA) is 124 Å². The van der Waals surface area contributed by atoms with E-state index in [0.717, 1.165) is 32.1 Å². The molecule has 1 unspecified atom stereocenters. The summed E-state index contributed by atoms with van der Waals surface area (Å²) in [6, 6.07) is 0. The van der Waals surface area contributed by atoms with Gasteiger partial charge in [-0.3, -0.25) is 19.2 Å². The predicted octanol–water partition coefficient (Wildman–Crippen LogP) is 2.45. The van der Waals surface area contributed by atoms with Crippen molar-refractivity contribution in [2.75, 3.05) is 13.2 Å². The molecule has 0 aromatic carbocycles. The van der Waals surface area contributed by atoms with E-state index in [1.165, 1.54) is 34.1 Å². The predicted molar refractivity (Wildman–Crippen MR) is 111 cm³/mol. The molecule has 0 amide bonds. The van der Waals surface area contributed by atoms with E-state index in [9.17, 15) is 19.2 Å². The van der Waals surface area contributed by atoms with Gasteiger partial charge in [0.25, 0.3) is 0 Å². The van der Waals surface area contributed by atoms with Crippen LogP contribution in [0, 0.1) is 0 Å². The molecule has 10 heteroatoms. The summed E-state index contributed by atoms with van der Waals surface area (Å²) in [6.07, 6.45) is 0.947. The van der Waals surface area contributed by atoms with Gasteiger partial charge in [-0.15, -0.1) is 0 Å². The van der Waals surface area contributed by atoms with Gasteiger partial charge in [0.2, 0.25) is 0 Å². The highest BCUT2D eigenvalue weighted by Crippen LogP contribution is 2.31. The van der Waals surface area contributed by atoms with Crippen molar-refractivity contribution in [3.05, 3.63) is 0 Å². The van der Waals surface area contributed by atoms with Crippen LogP contribution in [0.5, 0.6) is 0 Å². The van der Waals surface area contributed by atoms with Crippen LogP contribution in [0.2, 0.25) is 0 Å². The molecule has 1 aliphatic rings. The Morgan fingerprint density at radius 1 is 0.781 bits per heavy atom. The average Bonchev–Trinajstić information content (AvgIpc) is 3.00. The molecule has 0 spiro atoms. The number of esters is 4. The Bertz CT molecular complexity index is 620. The maximum absolute atomic E-state index is 11.7. The fraction of sp³-hybridized carbons (Fsp3) is 0.818. The second kappa shape index (κ2) is 14.8. The fourth-order valence-electron chi connectivity index (χ4n) is 3.42. The number of hydrogen-bond donors (Lipinski definition) is 0. The van der Waals surface area contributed by atoms with Crippen LogP contribution in [0.3, 0.4) is 0 Å². The quantitative estimate of drug-likeness (QED) is 0.217. The minimum atomic E-state index is -1.12. The van der Waals surface area contributed by atoms with Crippen LogP contribution in [-0.2, 0) is 47.6 Å². The number of unbranched alkanes of at least 4 members (excludes halogenated alkanes) is 5. The zero-order valence-corrected chi connectivity index (χ0v) is 19.6. The average molecular weight is 461 g/mol. The van der Waals surface area contributed by atoms with E-state index >= 15 is 0 Å². The first-order valence-electron chi connectivity index (χ1n) is 11.1. The van der Waals surface area contributed by atoms with Gasteiger partial charge in [-0.05, 0) is 6.42 Å². The van der Waals surface area contributed by atoms with Crippen LogP contribution in [0.1, 0.15) is 73.1 Å². The van der Waals surface area contributed by atoms with Gasteiger partial charge in [-0.25, -0.2) is 0 Å². The van der Waals surface area contributed by atoms with Crippen LogP contribution in [0.4, 0.5) is 0 Å². The van der Waals surface area contributed by atoms with E-state index in [4.69, 9.17) is 28.4 Å². The Kier molecular flexibility index (Phi) is 12.9. The van der Waals surface area contributed by atoms with Gasteiger partial charge in [0.1, 0.15) is 12.7 Å². The van der Waals surface area contributed by atoms with Gasteiger partial charge in [0.15, 0.2) is 24.6 Å². The van der Waals surface area contributed by atoms with Crippen molar-refractivity contribution in [1.82, 2.24) is 0 Å². The Morgan fingerprint density at radius 2 is 1.38 bits per heavy atom. The summed E-state index contributed by atoms with van der Waals surface area (Å²) in [5, 5.41) is 0. The van der Waals surface area contributed by atoms with Crippen molar-refractivity contribution in [2.45, 2.75) is 104 Å². The first-order valence-corrected chi connectivity index (χ1v) is 11.1. The second-order valence-electron chi connectivity index (χ2n) is 7.71. The molecule has 0 bridgehead atoms. The third kappa shape index (κ3) is 10.4. The Morgan fingerprint density at radius 3 is 1.94 bits per heavy atom. The molecule has 0 aliphatic carbocycles. The Labute approximate surface area is 189 Å². The van der Waals surface area contributed by atoms with Gasteiger partial charge in [-0.1, -0.05) is 39.0 Å². The molecular formula is C22H36O10. The van der Waals surface area contributed by atoms with E-state index < -0.39 is 54.6 Å². The van der Waals surface area contributed by atoms with Gasteiger partial charge >= 0.3 is 23.9 Å². The lowest BCUT2D eigenvalue weighted by atomic mass is 10.1. The van der Waals surface area contributed by atoms with E-state index in [2.05, 4.69) is 6.92 Å². The molecule has 1 saturated heterocycles. The van der Waals surface area contributed by atoms with Crippen LogP contribution < -0.4 is 0 Å². The van der Waals surface area contributed by atoms with Crippen LogP contribution >= 0.6 is 0 Å². The molecule has 0 N–H and O–H groups in total. The van der Waals surface area contributed by atoms with Crippen LogP contribution in [0.25, 0.3) is 0 Å². The third-order valence-electron chi connectivity index (χ3n) is 4.73. The van der Waals surface area contributed by atoms with Crippen molar-refractivity contribution in [3.63, 3.8) is 0 Å². The largest absolute Gasteiger partial charge is 0.462 e. The monoisotopic (exact) mass is 460 g/mol. The summed E-state index contributed by atoms with van der Waals surface area (Å²) in [4.78, 5) is 46.3. The van der Waals surface area contributed by atoms with Gasteiger partial charge < -0.3 is 28.4 Å². The summed E-state index contributed by atoms with van der Waals surface area (Å²) < 4.78 is 32.6. The number of carbonyl (C=O) groups is 4. The van der Waals surface area contributed by atoms with E-state index in [-0.39, 0.29) is 6.61 Å². The SMILES string of the molecule is CCCCCCCCOC1O[C@@H]([C@H](COC(C)=O)OC(C)=O)[C@H](OC(C)=O)[C@H]1OC(C)=O. The normalized spacial score (nSPS) is 23.3. The highest BCUT2D eigenvalue weighted by atomic mass is 16.7. The van der Waals surface area contributed by atoms with Crippen molar-refractivity contribution in [1.29, 1.82) is 0 Å². The molecule has 10 nitrogen and oxygen atoms in total. The summed E-state index contributed by atoms with van der Waals surface area (Å²) in [5.41, 5.74) is 0. The molecule has 0 aromatic rings. The summed E-state index contributed by atoms with van der Waals surface area (Å²) in [6.45, 7) is 6.97. The molecule has 0 radical (unpaired) electrons. The highest BCUT2D eigenvalue weighted by Gasteiger charge is 2.54. The summed E-state index contributed by atoms with van der Waals surface area (Å²) in [5.74, 6) is -2.50. The number of hydrogen-bond acceptors (Lipinski definition) is 10. The number of carbonyl (C=O) groups excluding carboxylic acids is 4. The first kappa shape index (κ1) is 27.8. The van der Waals surface area contributed by atoms with Crippen molar-refractivity contribution < 1.29 is 47.6 Å². The molecule has 184 valence electrons. The second-order valence-corrected chi connectivity index (χ2v) is 7.71. The number of rotatable bonds is 14. The maximum Gasteiger partial charge on any atom is 0.303 e. The lowest BCUT2D eigenvalue weighted by molar-refractivity contribution is -0.199. The molecule has 5 atom stereocenters. The lowest BCUT2D eigenvalue weighted by Crippen LogP contribution is -2.46. The molecule has 0 saturated carbocycles. The summed E-state index contributed by atoms with van der Waals surface area (Å²) >= 11 is 0. The zero-order valence-electron chi connectivity index (χ0n) is 19.6. The molecule has 1 aliphatic heterocycles. The van der Waals surface area contributed by atoms with Crippen LogP contribution in [0.15, 0.2) is 0 Å². The van der Waals surface area contributed by atoms with Gasteiger partial charge in [0.05, 0.1) is 0 Å². The molecule has 0 aromatic heterocycles. The highest BCUT2D eigenvalue weighted by molar-refractivity contribution is 5.68. The standard InChI is InChI=1S/C22H36O10/c1-6-7-8-9-10-11-12-27-22-21(31-17(5)26)20(30-16(4)25)19(32-22)18(29-15(3)24)13-28-14(2)23/h18-22H,6-13H2,1-5H3/t18-,19-,20-,21+,22?/m0/s1. The molecular weight excluding hydrogens is 424 g/mol. The lowest BCUT2D eigenvalue weighted by Gasteiger charge is -2.27. The van der Waals surface area contributed by atoms with Gasteiger partial charge in [-0.2, -0.15) is 0 Å². The zero-order chi connectivity index (χ0) is 24.1. The van der Waals surface area contributed by atoms with Gasteiger partial charge in [0, 0.05) is 34.3 Å². The van der Waals surface area contributed by atoms with Crippen molar-refractivity contribution in [3.8, 4) is 0 Å². The third-order valence-corrected chi connectivity index (χ3v) is 4.73. The molecule has 1 fully saturated rings. The van der Waals surface area contributed by atoms with Crippen LogP contribution in [-0.4, -0.2) is 67.8 Å². The molecule has 32 heavy (non-hydrogen) atoms. The van der Waals surface area contributed by atoms with E-state index in [0.29, 0.717) is 6.61 Å². The molecule has 1 heterocycles. The van der Waals surface area contributed by atoms with E-state index in [1.807, 2.05) is 0 Å². The van der Waals surface area contributed by atoms with Crippen molar-refractivity contribution >= 4 is 23.9 Å².